The molecule has 22 heavy (non-hydrogen) atoms. The molecule has 1 rings (SSSR count). The highest BCUT2D eigenvalue weighted by molar-refractivity contribution is 5.65. The molecule has 0 bridgehead atoms. The molecular weight excluding hydrogens is 276 g/mol. The van der Waals surface area contributed by atoms with E-state index in [1.54, 1.807) is 6.08 Å². The Morgan fingerprint density at radius 3 is 2.45 bits per heavy atom. The van der Waals surface area contributed by atoms with Gasteiger partial charge in [0, 0.05) is 5.57 Å². The summed E-state index contributed by atoms with van der Waals surface area (Å²) in [6.07, 6.45) is 9.99. The third-order valence-electron chi connectivity index (χ3n) is 3.60. The lowest BCUT2D eigenvalue weighted by Gasteiger charge is -2.23. The van der Waals surface area contributed by atoms with E-state index in [1.165, 1.54) is 5.57 Å². The van der Waals surface area contributed by atoms with Gasteiger partial charge in [0.1, 0.15) is 17.8 Å². The van der Waals surface area contributed by atoms with Crippen LogP contribution >= 0.6 is 0 Å². The van der Waals surface area contributed by atoms with E-state index in [9.17, 15) is 9.90 Å². The first-order valence-corrected chi connectivity index (χ1v) is 7.53. The maximum absolute atomic E-state index is 10.6. The summed E-state index contributed by atoms with van der Waals surface area (Å²) in [5.41, 5.74) is 1.86. The highest BCUT2D eigenvalue weighted by Crippen LogP contribution is 2.31. The molecule has 0 unspecified atom stereocenters. The van der Waals surface area contributed by atoms with Gasteiger partial charge in [-0.05, 0) is 57.2 Å². The van der Waals surface area contributed by atoms with Crippen molar-refractivity contribution in [3.8, 4) is 0 Å². The van der Waals surface area contributed by atoms with Crippen LogP contribution in [0.1, 0.15) is 45.1 Å². The molecule has 1 N–H and O–H groups in total. The van der Waals surface area contributed by atoms with Gasteiger partial charge in [-0.3, -0.25) is 4.79 Å². The van der Waals surface area contributed by atoms with Gasteiger partial charge < -0.3 is 9.52 Å². The molecule has 0 saturated heterocycles. The number of furan rings is 1. The lowest BCUT2D eigenvalue weighted by molar-refractivity contribution is -0.104. The minimum atomic E-state index is -0.166. The second kappa shape index (κ2) is 8.54. The van der Waals surface area contributed by atoms with Crippen LogP contribution < -0.4 is 0 Å². The summed E-state index contributed by atoms with van der Waals surface area (Å²) in [6.45, 7) is 8.04. The van der Waals surface area contributed by atoms with Crippen LogP contribution in [0.4, 0.5) is 0 Å². The van der Waals surface area contributed by atoms with Crippen LogP contribution in [0.25, 0.3) is 5.57 Å². The monoisotopic (exact) mass is 302 g/mol. The summed E-state index contributed by atoms with van der Waals surface area (Å²) in [6, 6.07) is 3.75. The molecule has 3 nitrogen and oxygen atoms in total. The highest BCUT2D eigenvalue weighted by Gasteiger charge is 2.19. The second-order valence-corrected chi connectivity index (χ2v) is 6.14. The minimum absolute atomic E-state index is 0.0664. The zero-order valence-corrected chi connectivity index (χ0v) is 13.9. The van der Waals surface area contributed by atoms with Crippen LogP contribution in [0.3, 0.4) is 0 Å². The first-order valence-electron chi connectivity index (χ1n) is 7.53. The summed E-state index contributed by atoms with van der Waals surface area (Å²) >= 11 is 0. The number of aldehydes is 1. The zero-order chi connectivity index (χ0) is 16.6. The molecule has 1 aromatic rings. The maximum Gasteiger partial charge on any atom is 0.142 e. The van der Waals surface area contributed by atoms with Crippen molar-refractivity contribution in [2.24, 2.45) is 5.41 Å². The van der Waals surface area contributed by atoms with E-state index in [4.69, 9.17) is 4.42 Å². The first-order chi connectivity index (χ1) is 10.4. The number of aryl methyl sites for hydroxylation is 1. The smallest absolute Gasteiger partial charge is 0.142 e. The Labute approximate surface area is 133 Å². The fourth-order valence-electron chi connectivity index (χ4n) is 2.13. The standard InChI is InChI=1S/C19H26O3/c1-15(2)8-11-19(4,10-5-13-20)12-9-17(14-21)18-7-6-16(3)22-18/h5-10,13,21H,11-12,14H2,1-4H3/b10-5+,17-9-/t19-/m0/s1. The van der Waals surface area contributed by atoms with Crippen LogP contribution in [0.15, 0.2) is 46.4 Å². The van der Waals surface area contributed by atoms with Crippen LogP contribution in [0.2, 0.25) is 0 Å². The Morgan fingerprint density at radius 2 is 1.95 bits per heavy atom. The first kappa shape index (κ1) is 18.2. The number of hydrogen-bond donors (Lipinski definition) is 1. The van der Waals surface area contributed by atoms with Crippen molar-refractivity contribution in [1.29, 1.82) is 0 Å². The fraction of sp³-hybridized carbons (Fsp3) is 0.421. The topological polar surface area (TPSA) is 50.4 Å². The van der Waals surface area contributed by atoms with E-state index in [2.05, 4.69) is 26.8 Å². The van der Waals surface area contributed by atoms with E-state index in [0.29, 0.717) is 5.76 Å². The van der Waals surface area contributed by atoms with Crippen LogP contribution in [-0.2, 0) is 4.79 Å². The van der Waals surface area contributed by atoms with Crippen molar-refractivity contribution >= 4 is 11.9 Å². The Hall–Kier alpha value is -1.87. The molecule has 0 saturated carbocycles. The number of aliphatic hydroxyl groups is 1. The third kappa shape index (κ3) is 5.86. The Kier molecular flexibility index (Phi) is 7.06. The molecule has 0 spiro atoms. The predicted octanol–water partition coefficient (Wildman–Crippen LogP) is 4.47. The summed E-state index contributed by atoms with van der Waals surface area (Å²) in [5.74, 6) is 1.52. The van der Waals surface area contributed by atoms with Crippen molar-refractivity contribution in [3.05, 3.63) is 53.5 Å². The fourth-order valence-corrected chi connectivity index (χ4v) is 2.13. The molecule has 0 radical (unpaired) electrons. The normalized spacial score (nSPS) is 14.9. The van der Waals surface area contributed by atoms with E-state index >= 15 is 0 Å². The van der Waals surface area contributed by atoms with Crippen LogP contribution in [0.5, 0.6) is 0 Å². The number of carbonyl (C=O) groups excluding carboxylic acids is 1. The molecule has 0 aliphatic rings. The van der Waals surface area contributed by atoms with Crippen molar-refractivity contribution in [2.75, 3.05) is 6.61 Å². The van der Waals surface area contributed by atoms with Gasteiger partial charge in [-0.2, -0.15) is 0 Å². The van der Waals surface area contributed by atoms with E-state index in [0.717, 1.165) is 30.5 Å². The SMILES string of the molecule is CC(C)=CC[C@](C)(/C=C/C=O)C/C=C(/CO)c1ccc(C)o1. The van der Waals surface area contributed by atoms with Crippen molar-refractivity contribution in [1.82, 2.24) is 0 Å². The van der Waals surface area contributed by atoms with Gasteiger partial charge in [0.05, 0.1) is 6.61 Å². The molecule has 0 aliphatic carbocycles. The Balaban J connectivity index is 2.96. The third-order valence-corrected chi connectivity index (χ3v) is 3.60. The molecular formula is C19H26O3. The molecule has 0 aliphatic heterocycles. The van der Waals surface area contributed by atoms with Gasteiger partial charge in [-0.15, -0.1) is 0 Å². The van der Waals surface area contributed by atoms with E-state index < -0.39 is 0 Å². The number of aliphatic hydroxyl groups excluding tert-OH is 1. The van der Waals surface area contributed by atoms with Gasteiger partial charge in [0.2, 0.25) is 0 Å². The van der Waals surface area contributed by atoms with Gasteiger partial charge in [-0.25, -0.2) is 0 Å². The molecule has 0 fully saturated rings. The summed E-state index contributed by atoms with van der Waals surface area (Å²) in [7, 11) is 0. The quantitative estimate of drug-likeness (QED) is 0.438. The lowest BCUT2D eigenvalue weighted by Crippen LogP contribution is -2.11. The molecule has 0 amide bonds. The summed E-state index contributed by atoms with van der Waals surface area (Å²) in [5, 5.41) is 9.57. The van der Waals surface area contributed by atoms with E-state index in [1.807, 2.05) is 31.2 Å². The Bertz CT molecular complexity index is 571. The summed E-state index contributed by atoms with van der Waals surface area (Å²) in [4.78, 5) is 10.6. The Morgan fingerprint density at radius 1 is 1.27 bits per heavy atom. The summed E-state index contributed by atoms with van der Waals surface area (Å²) < 4.78 is 5.57. The number of allylic oxidation sites excluding steroid dienone is 5. The molecule has 3 heteroatoms. The molecule has 1 aromatic heterocycles. The number of hydrogen-bond acceptors (Lipinski definition) is 3. The molecule has 120 valence electrons. The minimum Gasteiger partial charge on any atom is -0.462 e. The zero-order valence-electron chi connectivity index (χ0n) is 13.9. The highest BCUT2D eigenvalue weighted by atomic mass is 16.3. The molecule has 0 aromatic carbocycles. The predicted molar refractivity (Wildman–Crippen MR) is 90.5 cm³/mol. The van der Waals surface area contributed by atoms with Crippen LogP contribution in [-0.4, -0.2) is 18.0 Å². The van der Waals surface area contributed by atoms with E-state index in [-0.39, 0.29) is 12.0 Å². The van der Waals surface area contributed by atoms with Crippen molar-refractivity contribution in [3.63, 3.8) is 0 Å². The molecule has 1 heterocycles. The second-order valence-electron chi connectivity index (χ2n) is 6.14. The van der Waals surface area contributed by atoms with Crippen LogP contribution in [0, 0.1) is 12.3 Å². The van der Waals surface area contributed by atoms with Gasteiger partial charge in [0.15, 0.2) is 0 Å². The number of carbonyl (C=O) groups is 1. The van der Waals surface area contributed by atoms with Gasteiger partial charge in [-0.1, -0.05) is 30.7 Å². The van der Waals surface area contributed by atoms with Crippen molar-refractivity contribution in [2.45, 2.75) is 40.5 Å². The number of rotatable bonds is 8. The average Bonchev–Trinajstić information content (AvgIpc) is 2.90. The van der Waals surface area contributed by atoms with Crippen molar-refractivity contribution < 1.29 is 14.3 Å². The average molecular weight is 302 g/mol. The largest absolute Gasteiger partial charge is 0.462 e. The molecule has 1 atom stereocenters. The van der Waals surface area contributed by atoms with Gasteiger partial charge >= 0.3 is 0 Å². The maximum atomic E-state index is 10.6. The van der Waals surface area contributed by atoms with Gasteiger partial charge in [0.25, 0.3) is 0 Å². The lowest BCUT2D eigenvalue weighted by atomic mass is 9.81.